The molecule has 32 heavy (non-hydrogen) atoms. The molecule has 21 heteroatoms. The smallest absolute Gasteiger partial charge is 0.382 e. The average molecular weight is 544 g/mol. The van der Waals surface area contributed by atoms with Crippen molar-refractivity contribution < 1.29 is 61.2 Å². The highest BCUT2D eigenvalue weighted by Gasteiger charge is 2.93. The zero-order valence-electron chi connectivity index (χ0n) is 15.5. The van der Waals surface area contributed by atoms with Gasteiger partial charge in [-0.3, -0.25) is 18.9 Å². The van der Waals surface area contributed by atoms with Crippen LogP contribution < -0.4 is 11.2 Å². The Hall–Kier alpha value is -0.680. The number of hydrogen-bond donors (Lipinski definition) is 7. The van der Waals surface area contributed by atoms with Crippen LogP contribution in [0.25, 0.3) is 0 Å². The first-order chi connectivity index (χ1) is 14.3. The van der Waals surface area contributed by atoms with Crippen LogP contribution >= 0.6 is 22.4 Å². The van der Waals surface area contributed by atoms with Crippen molar-refractivity contribution >= 4 is 34.2 Å². The van der Waals surface area contributed by atoms with Gasteiger partial charge >= 0.3 is 28.1 Å². The Labute approximate surface area is 181 Å². The molecule has 182 valence electrons. The summed E-state index contributed by atoms with van der Waals surface area (Å²) in [6.07, 6.45) is -2.90. The molecule has 2 aliphatic rings. The van der Waals surface area contributed by atoms with Crippen LogP contribution in [0.15, 0.2) is 21.9 Å². The molecule has 1 aliphatic carbocycles. The molecule has 1 aliphatic heterocycles. The van der Waals surface area contributed by atoms with Crippen molar-refractivity contribution in [2.45, 2.75) is 36.1 Å². The van der Waals surface area contributed by atoms with E-state index >= 15 is 0 Å². The molecule has 16 nitrogen and oxygen atoms in total. The van der Waals surface area contributed by atoms with Crippen LogP contribution in [0, 0.1) is 0 Å². The fraction of sp³-hybridized carbons (Fsp3) is 0.636. The number of aromatic amines is 1. The second-order valence-electron chi connectivity index (χ2n) is 7.00. The highest BCUT2D eigenvalue weighted by atomic mass is 32.5. The van der Waals surface area contributed by atoms with E-state index in [0.717, 1.165) is 19.2 Å². The predicted molar refractivity (Wildman–Crippen MR) is 101 cm³/mol. The first-order valence-electron chi connectivity index (χ1n) is 8.14. The van der Waals surface area contributed by atoms with Gasteiger partial charge in [0.25, 0.3) is 5.56 Å². The van der Waals surface area contributed by atoms with Crippen LogP contribution in [-0.2, 0) is 38.8 Å². The predicted octanol–water partition coefficient (Wildman–Crippen LogP) is -1.90. The molecule has 1 aromatic heterocycles. The number of alkyl halides is 1. The Balaban J connectivity index is 1.89. The van der Waals surface area contributed by atoms with Crippen molar-refractivity contribution in [3.63, 3.8) is 0 Å². The number of nitrogens with zero attached hydrogens (tertiary/aromatic N) is 1. The summed E-state index contributed by atoms with van der Waals surface area (Å²) in [5.41, 5.74) is -9.58. The monoisotopic (exact) mass is 544 g/mol. The molecule has 1 saturated carbocycles. The number of aromatic nitrogens is 2. The molecule has 2 fully saturated rings. The highest BCUT2D eigenvalue weighted by Crippen LogP contribution is 2.74. The molecule has 1 aromatic rings. The zero-order chi connectivity index (χ0) is 24.5. The minimum atomic E-state index is -5.70. The maximum atomic E-state index is 14.0. The molecular weight excluding hydrogens is 528 g/mol. The van der Waals surface area contributed by atoms with E-state index in [4.69, 9.17) is 19.0 Å². The third kappa shape index (κ3) is 4.15. The van der Waals surface area contributed by atoms with Gasteiger partial charge in [-0.05, 0) is 18.7 Å². The Bertz CT molecular complexity index is 1200. The molecule has 0 aromatic carbocycles. The molecular formula is C11H16FN2O14P3S. The van der Waals surface area contributed by atoms with Gasteiger partial charge in [-0.15, -0.1) is 0 Å². The molecule has 2 heterocycles. The zero-order valence-corrected chi connectivity index (χ0v) is 19.0. The van der Waals surface area contributed by atoms with Crippen molar-refractivity contribution in [3.05, 3.63) is 33.1 Å². The van der Waals surface area contributed by atoms with Gasteiger partial charge in [0, 0.05) is 12.3 Å². The van der Waals surface area contributed by atoms with E-state index in [2.05, 4.69) is 20.4 Å². The van der Waals surface area contributed by atoms with Crippen molar-refractivity contribution in [1.29, 1.82) is 0 Å². The van der Waals surface area contributed by atoms with E-state index in [-0.39, 0.29) is 0 Å². The largest absolute Gasteiger partial charge is 0.488 e. The van der Waals surface area contributed by atoms with Crippen LogP contribution in [-0.4, -0.2) is 68.9 Å². The number of nitrogens with one attached hydrogen (secondary N) is 1. The van der Waals surface area contributed by atoms with Crippen LogP contribution in [0.4, 0.5) is 4.39 Å². The quantitative estimate of drug-likeness (QED) is 0.177. The third-order valence-electron chi connectivity index (χ3n) is 4.90. The Morgan fingerprint density at radius 3 is 2.31 bits per heavy atom. The fourth-order valence-electron chi connectivity index (χ4n) is 3.54. The van der Waals surface area contributed by atoms with E-state index in [1.807, 2.05) is 4.98 Å². The van der Waals surface area contributed by atoms with Gasteiger partial charge < -0.3 is 34.5 Å². The lowest BCUT2D eigenvalue weighted by Crippen LogP contribution is -2.51. The van der Waals surface area contributed by atoms with Crippen LogP contribution in [0.5, 0.6) is 0 Å². The number of rotatable bonds is 8. The molecule has 7 N–H and O–H groups in total. The Morgan fingerprint density at radius 2 is 1.84 bits per heavy atom. The Kier molecular flexibility index (Phi) is 6.21. The van der Waals surface area contributed by atoms with Gasteiger partial charge in [0.1, 0.15) is 18.4 Å². The maximum Gasteiger partial charge on any atom is 0.488 e. The van der Waals surface area contributed by atoms with E-state index in [1.165, 1.54) is 0 Å². The Morgan fingerprint density at radius 1 is 1.25 bits per heavy atom. The summed E-state index contributed by atoms with van der Waals surface area (Å²) in [6, 6.07) is 0.881. The van der Waals surface area contributed by atoms with Gasteiger partial charge in [0.2, 0.25) is 0 Å². The summed E-state index contributed by atoms with van der Waals surface area (Å²) in [5.74, 6) is 0. The topological polar surface area (TPSA) is 247 Å². The number of hydrogen-bond acceptors (Lipinski definition) is 11. The van der Waals surface area contributed by atoms with E-state index in [0.29, 0.717) is 4.57 Å². The lowest BCUT2D eigenvalue weighted by molar-refractivity contribution is -0.165. The highest BCUT2D eigenvalue weighted by molar-refractivity contribution is 8.08. The van der Waals surface area contributed by atoms with Crippen molar-refractivity contribution in [2.24, 2.45) is 0 Å². The van der Waals surface area contributed by atoms with Gasteiger partial charge in [-0.2, -0.15) is 4.31 Å². The SMILES string of the molecule is C[C@]1(O)[C@H](n2ccc(=O)[nH]c2=O)O[C@]2(CF)C(OP(O)(=S)OP(=O)(O)OP(=O)(O)O)[C@]12O. The summed E-state index contributed by atoms with van der Waals surface area (Å²) in [4.78, 5) is 61.6. The van der Waals surface area contributed by atoms with Gasteiger partial charge in [0.05, 0.1) is 0 Å². The van der Waals surface area contributed by atoms with Crippen molar-refractivity contribution in [2.75, 3.05) is 6.67 Å². The number of H-pyrrole nitrogens is 1. The number of aliphatic hydroxyl groups is 2. The first-order valence-corrected chi connectivity index (χ1v) is 13.8. The number of halogens is 1. The van der Waals surface area contributed by atoms with Gasteiger partial charge in [-0.25, -0.2) is 22.6 Å². The summed E-state index contributed by atoms with van der Waals surface area (Å²) < 4.78 is 54.6. The number of ether oxygens (including phenoxy) is 1. The normalized spacial score (nSPS) is 38.0. The fourth-order valence-corrected chi connectivity index (χ4v) is 7.81. The first kappa shape index (κ1) is 25.9. The van der Waals surface area contributed by atoms with Gasteiger partial charge in [0.15, 0.2) is 17.4 Å². The minimum absolute atomic E-state index is 0.640. The molecule has 3 rings (SSSR count). The molecule has 0 spiro atoms. The van der Waals surface area contributed by atoms with Crippen LogP contribution in [0.2, 0.25) is 0 Å². The lowest BCUT2D eigenvalue weighted by atomic mass is 9.94. The molecule has 3 unspecified atom stereocenters. The van der Waals surface area contributed by atoms with E-state index in [9.17, 15) is 43.1 Å². The van der Waals surface area contributed by atoms with Crippen LogP contribution in [0.1, 0.15) is 13.2 Å². The van der Waals surface area contributed by atoms with Crippen LogP contribution in [0.3, 0.4) is 0 Å². The van der Waals surface area contributed by atoms with Crippen molar-refractivity contribution in [3.8, 4) is 0 Å². The molecule has 7 atom stereocenters. The lowest BCUT2D eigenvalue weighted by Gasteiger charge is -2.33. The summed E-state index contributed by atoms with van der Waals surface area (Å²) in [7, 11) is -11.3. The molecule has 0 amide bonds. The van der Waals surface area contributed by atoms with E-state index in [1.54, 1.807) is 0 Å². The van der Waals surface area contributed by atoms with E-state index < -0.39 is 69.4 Å². The van der Waals surface area contributed by atoms with Gasteiger partial charge in [-0.1, -0.05) is 0 Å². The average Bonchev–Trinajstić information content (AvgIpc) is 3.00. The minimum Gasteiger partial charge on any atom is -0.382 e. The standard InChI is InChI=1S/C11H16FN2O14P3S/c1-9(17)7(14-3-2-5(15)13-8(14)16)25-10(4-12)6(11(9,10)18)26-31(24,32)28-30(22,23)27-29(19,20)21/h2-3,6-7,17-18H,4H2,1H3,(H,22,23)(H,24,32)(H,13,15,16)(H2,19,20,21)/t6?,7-,9+,10-,11+,31?/m1/s1. The molecule has 1 saturated heterocycles. The summed E-state index contributed by atoms with van der Waals surface area (Å²) in [5, 5.41) is 21.8. The number of phosphoric acid groups is 2. The second-order valence-corrected chi connectivity index (χ2v) is 12.8. The van der Waals surface area contributed by atoms with Crippen molar-refractivity contribution in [1.82, 2.24) is 9.55 Å². The molecule has 0 bridgehead atoms. The second kappa shape index (κ2) is 7.66. The summed E-state index contributed by atoms with van der Waals surface area (Å²) in [6.45, 7) is -5.68. The molecule has 0 radical (unpaired) electrons. The maximum absolute atomic E-state index is 14.0. The summed E-state index contributed by atoms with van der Waals surface area (Å²) >= 11 is 4.45. The third-order valence-corrected chi connectivity index (χ3v) is 9.56. The number of fused-ring (bicyclic) bond motifs is 1.